The third kappa shape index (κ3) is 3.66. The number of hydrogen-bond donors (Lipinski definition) is 0. The van der Waals surface area contributed by atoms with Gasteiger partial charge < -0.3 is 0 Å². The predicted octanol–water partition coefficient (Wildman–Crippen LogP) is 4.84. The number of nitrogens with zero attached hydrogens (tertiary/aromatic N) is 2. The van der Waals surface area contributed by atoms with E-state index >= 15 is 0 Å². The third-order valence-electron chi connectivity index (χ3n) is 3.46. The molecule has 1 aromatic heterocycles. The third-order valence-corrected chi connectivity index (χ3v) is 3.95. The Labute approximate surface area is 143 Å². The van der Waals surface area contributed by atoms with Crippen molar-refractivity contribution < 1.29 is 4.79 Å². The molecule has 23 heavy (non-hydrogen) atoms. The van der Waals surface area contributed by atoms with Crippen molar-refractivity contribution in [3.05, 3.63) is 88.2 Å². The fraction of sp³-hybridized carbons (Fsp3) is 0.0526. The predicted molar refractivity (Wildman–Crippen MR) is 95.8 cm³/mol. The van der Waals surface area contributed by atoms with Gasteiger partial charge in [0.15, 0.2) is 5.78 Å². The van der Waals surface area contributed by atoms with E-state index in [2.05, 4.69) is 21.0 Å². The summed E-state index contributed by atoms with van der Waals surface area (Å²) in [6.07, 6.45) is 5.17. The second-order valence-corrected chi connectivity index (χ2v) is 6.08. The molecule has 0 fully saturated rings. The van der Waals surface area contributed by atoms with Gasteiger partial charge in [0.25, 0.3) is 0 Å². The van der Waals surface area contributed by atoms with Crippen LogP contribution in [0.3, 0.4) is 0 Å². The summed E-state index contributed by atoms with van der Waals surface area (Å²) in [5.41, 5.74) is 3.24. The van der Waals surface area contributed by atoms with Gasteiger partial charge in [-0.1, -0.05) is 52.3 Å². The lowest BCUT2D eigenvalue weighted by Crippen LogP contribution is -1.94. The number of aromatic nitrogens is 2. The Morgan fingerprint density at radius 2 is 1.91 bits per heavy atom. The quantitative estimate of drug-likeness (QED) is 0.489. The fourth-order valence-corrected chi connectivity index (χ4v) is 2.70. The minimum absolute atomic E-state index is 0.0512. The van der Waals surface area contributed by atoms with Crippen LogP contribution in [0.1, 0.15) is 21.6 Å². The maximum atomic E-state index is 12.4. The zero-order valence-electron chi connectivity index (χ0n) is 12.6. The molecule has 0 atom stereocenters. The number of hydrogen-bond acceptors (Lipinski definition) is 2. The van der Waals surface area contributed by atoms with Crippen LogP contribution in [-0.4, -0.2) is 15.6 Å². The molecule has 0 spiro atoms. The van der Waals surface area contributed by atoms with E-state index in [4.69, 9.17) is 0 Å². The first-order chi connectivity index (χ1) is 11.1. The number of ketones is 1. The number of carbonyl (C=O) groups is 1. The van der Waals surface area contributed by atoms with Gasteiger partial charge in [0.2, 0.25) is 0 Å². The van der Waals surface area contributed by atoms with E-state index in [9.17, 15) is 4.79 Å². The van der Waals surface area contributed by atoms with Crippen molar-refractivity contribution in [2.75, 3.05) is 0 Å². The Hall–Kier alpha value is -2.46. The van der Waals surface area contributed by atoms with Crippen LogP contribution in [0.15, 0.2) is 71.3 Å². The Bertz CT molecular complexity index is 866. The van der Waals surface area contributed by atoms with Gasteiger partial charge in [-0.3, -0.25) is 4.79 Å². The van der Waals surface area contributed by atoms with E-state index < -0.39 is 0 Å². The van der Waals surface area contributed by atoms with Crippen LogP contribution >= 0.6 is 15.9 Å². The van der Waals surface area contributed by atoms with Gasteiger partial charge in [-0.15, -0.1) is 0 Å². The molecule has 0 bridgehead atoms. The maximum absolute atomic E-state index is 12.4. The smallest absolute Gasteiger partial charge is 0.189 e. The van der Waals surface area contributed by atoms with E-state index in [0.29, 0.717) is 5.56 Å². The molecule has 0 N–H and O–H groups in total. The summed E-state index contributed by atoms with van der Waals surface area (Å²) in [5, 5.41) is 4.43. The molecule has 4 heteroatoms. The SMILES string of the molecule is Cc1nn(-c2ccccc2)cc1C(=O)/C=C/c1cccc(Br)c1. The minimum atomic E-state index is -0.0512. The van der Waals surface area contributed by atoms with Crippen molar-refractivity contribution in [1.82, 2.24) is 9.78 Å². The molecule has 0 saturated carbocycles. The molecule has 0 aliphatic carbocycles. The zero-order chi connectivity index (χ0) is 16.2. The molecule has 3 rings (SSSR count). The average Bonchev–Trinajstić information content (AvgIpc) is 2.95. The molecule has 0 aliphatic heterocycles. The van der Waals surface area contributed by atoms with Crippen LogP contribution in [0, 0.1) is 6.92 Å². The first-order valence-electron chi connectivity index (χ1n) is 7.23. The highest BCUT2D eigenvalue weighted by atomic mass is 79.9. The van der Waals surface area contributed by atoms with Crippen molar-refractivity contribution in [3.63, 3.8) is 0 Å². The van der Waals surface area contributed by atoms with Crippen LogP contribution in [0.5, 0.6) is 0 Å². The second-order valence-electron chi connectivity index (χ2n) is 5.16. The monoisotopic (exact) mass is 366 g/mol. The Morgan fingerprint density at radius 3 is 2.65 bits per heavy atom. The summed E-state index contributed by atoms with van der Waals surface area (Å²) < 4.78 is 2.72. The fourth-order valence-electron chi connectivity index (χ4n) is 2.29. The summed E-state index contributed by atoms with van der Waals surface area (Å²) in [5.74, 6) is -0.0512. The molecule has 2 aromatic carbocycles. The topological polar surface area (TPSA) is 34.9 Å². The normalized spacial score (nSPS) is 11.0. The number of benzene rings is 2. The standard InChI is InChI=1S/C19H15BrN2O/c1-14-18(13-22(21-14)17-8-3-2-4-9-17)19(23)11-10-15-6-5-7-16(20)12-15/h2-13H,1H3/b11-10+. The number of rotatable bonds is 4. The van der Waals surface area contributed by atoms with E-state index in [-0.39, 0.29) is 5.78 Å². The molecule has 114 valence electrons. The molecule has 0 saturated heterocycles. The lowest BCUT2D eigenvalue weighted by molar-refractivity contribution is 0.104. The summed E-state index contributed by atoms with van der Waals surface area (Å²) in [7, 11) is 0. The van der Waals surface area contributed by atoms with Gasteiger partial charge >= 0.3 is 0 Å². The first-order valence-corrected chi connectivity index (χ1v) is 8.02. The van der Waals surface area contributed by atoms with Crippen molar-refractivity contribution in [2.45, 2.75) is 6.92 Å². The number of halogens is 1. The minimum Gasteiger partial charge on any atom is -0.289 e. The van der Waals surface area contributed by atoms with Gasteiger partial charge in [-0.25, -0.2) is 4.68 Å². The van der Waals surface area contributed by atoms with E-state index in [1.165, 1.54) is 0 Å². The number of para-hydroxylation sites is 1. The lowest BCUT2D eigenvalue weighted by Gasteiger charge is -1.98. The zero-order valence-corrected chi connectivity index (χ0v) is 14.2. The molecule has 0 amide bonds. The summed E-state index contributed by atoms with van der Waals surface area (Å²) >= 11 is 3.42. The van der Waals surface area contributed by atoms with E-state index in [0.717, 1.165) is 21.4 Å². The maximum Gasteiger partial charge on any atom is 0.189 e. The Balaban J connectivity index is 1.84. The van der Waals surface area contributed by atoms with Gasteiger partial charge in [-0.05, 0) is 42.8 Å². The number of aryl methyl sites for hydroxylation is 1. The summed E-state index contributed by atoms with van der Waals surface area (Å²) in [6, 6.07) is 17.6. The van der Waals surface area contributed by atoms with Crippen LogP contribution in [0.4, 0.5) is 0 Å². The van der Waals surface area contributed by atoms with Crippen LogP contribution < -0.4 is 0 Å². The van der Waals surface area contributed by atoms with E-state index in [1.807, 2.05) is 67.6 Å². The van der Waals surface area contributed by atoms with Gasteiger partial charge in [-0.2, -0.15) is 5.10 Å². The highest BCUT2D eigenvalue weighted by Gasteiger charge is 2.11. The molecule has 3 nitrogen and oxygen atoms in total. The van der Waals surface area contributed by atoms with Crippen molar-refractivity contribution >= 4 is 27.8 Å². The van der Waals surface area contributed by atoms with Crippen molar-refractivity contribution in [3.8, 4) is 5.69 Å². The molecular formula is C19H15BrN2O. The highest BCUT2D eigenvalue weighted by molar-refractivity contribution is 9.10. The highest BCUT2D eigenvalue weighted by Crippen LogP contribution is 2.15. The Morgan fingerprint density at radius 1 is 1.13 bits per heavy atom. The van der Waals surface area contributed by atoms with Gasteiger partial charge in [0, 0.05) is 10.7 Å². The molecule has 3 aromatic rings. The second kappa shape index (κ2) is 6.75. The Kier molecular flexibility index (Phi) is 4.53. The summed E-state index contributed by atoms with van der Waals surface area (Å²) in [6.45, 7) is 1.85. The van der Waals surface area contributed by atoms with Crippen LogP contribution in [-0.2, 0) is 0 Å². The van der Waals surface area contributed by atoms with Crippen LogP contribution in [0.2, 0.25) is 0 Å². The molecular weight excluding hydrogens is 352 g/mol. The lowest BCUT2D eigenvalue weighted by atomic mass is 10.1. The van der Waals surface area contributed by atoms with Crippen LogP contribution in [0.25, 0.3) is 11.8 Å². The molecule has 0 radical (unpaired) electrons. The average molecular weight is 367 g/mol. The summed E-state index contributed by atoms with van der Waals surface area (Å²) in [4.78, 5) is 12.4. The van der Waals surface area contributed by atoms with E-state index in [1.54, 1.807) is 17.0 Å². The number of carbonyl (C=O) groups excluding carboxylic acids is 1. The van der Waals surface area contributed by atoms with Crippen molar-refractivity contribution in [2.24, 2.45) is 0 Å². The number of allylic oxidation sites excluding steroid dienone is 1. The van der Waals surface area contributed by atoms with Crippen molar-refractivity contribution in [1.29, 1.82) is 0 Å². The van der Waals surface area contributed by atoms with Gasteiger partial charge in [0.1, 0.15) is 0 Å². The molecule has 0 aliphatic rings. The van der Waals surface area contributed by atoms with Gasteiger partial charge in [0.05, 0.1) is 16.9 Å². The molecule has 0 unspecified atom stereocenters. The largest absolute Gasteiger partial charge is 0.289 e. The molecule has 1 heterocycles. The first kappa shape index (κ1) is 15.4.